The molecule has 0 saturated heterocycles. The number of esters is 3. The van der Waals surface area contributed by atoms with Crippen molar-refractivity contribution in [3.8, 4) is 0 Å². The summed E-state index contributed by atoms with van der Waals surface area (Å²) >= 11 is 0. The molecule has 0 aromatic carbocycles. The maximum atomic E-state index is 12.7. The summed E-state index contributed by atoms with van der Waals surface area (Å²) < 4.78 is 16.7. The summed E-state index contributed by atoms with van der Waals surface area (Å²) in [6.07, 6.45) is 38.1. The number of carbonyl (C=O) groups excluding carboxylic acids is 3. The van der Waals surface area contributed by atoms with Gasteiger partial charge >= 0.3 is 17.9 Å². The van der Waals surface area contributed by atoms with E-state index in [1.165, 1.54) is 141 Å². The quantitative estimate of drug-likeness (QED) is 0.0352. The summed E-state index contributed by atoms with van der Waals surface area (Å²) in [5, 5.41) is 0. The third-order valence-electron chi connectivity index (χ3n) is 10.5. The number of unbranched alkanes of at least 4 members (excludes halogenated alkanes) is 26. The SMILES string of the molecule is CCCCCCCCCC(=O)OC[C@@H](COC(=O)CCCCCCCCCCCCCC(C)C)OC(=O)CCCCCCCCCCCCCC(C)C. The molecule has 6 nitrogen and oxygen atoms in total. The van der Waals surface area contributed by atoms with Crippen molar-refractivity contribution in [2.45, 2.75) is 259 Å². The number of ether oxygens (including phenoxy) is 3. The van der Waals surface area contributed by atoms with E-state index in [-0.39, 0.29) is 31.1 Å². The fraction of sp³-hybridized carbons (Fsp3) is 0.936. The minimum Gasteiger partial charge on any atom is -0.462 e. The lowest BCUT2D eigenvalue weighted by molar-refractivity contribution is -0.167. The van der Waals surface area contributed by atoms with Crippen LogP contribution in [0.3, 0.4) is 0 Å². The fourth-order valence-corrected chi connectivity index (χ4v) is 6.93. The molecule has 0 rings (SSSR count). The van der Waals surface area contributed by atoms with Crippen molar-refractivity contribution in [2.75, 3.05) is 13.2 Å². The molecule has 0 aromatic rings. The predicted molar refractivity (Wildman–Crippen MR) is 224 cm³/mol. The summed E-state index contributed by atoms with van der Waals surface area (Å²) in [7, 11) is 0. The van der Waals surface area contributed by atoms with Gasteiger partial charge in [-0.25, -0.2) is 0 Å². The molecule has 1 atom stereocenters. The molecule has 0 spiro atoms. The molecular weight excluding hydrogens is 661 g/mol. The zero-order valence-corrected chi connectivity index (χ0v) is 36.1. The third-order valence-corrected chi connectivity index (χ3v) is 10.5. The molecule has 0 aliphatic heterocycles. The van der Waals surface area contributed by atoms with E-state index in [9.17, 15) is 14.4 Å². The highest BCUT2D eigenvalue weighted by Gasteiger charge is 2.19. The first-order valence-electron chi connectivity index (χ1n) is 23.2. The van der Waals surface area contributed by atoms with Gasteiger partial charge in [-0.15, -0.1) is 0 Å². The topological polar surface area (TPSA) is 78.9 Å². The van der Waals surface area contributed by atoms with Crippen LogP contribution in [-0.2, 0) is 28.6 Å². The van der Waals surface area contributed by atoms with Crippen LogP contribution in [-0.4, -0.2) is 37.2 Å². The van der Waals surface area contributed by atoms with E-state index in [1.807, 2.05) is 0 Å². The Morgan fingerprint density at radius 3 is 0.925 bits per heavy atom. The van der Waals surface area contributed by atoms with E-state index >= 15 is 0 Å². The Hall–Kier alpha value is -1.59. The number of hydrogen-bond donors (Lipinski definition) is 0. The molecule has 0 aliphatic rings. The van der Waals surface area contributed by atoms with Gasteiger partial charge in [-0.2, -0.15) is 0 Å². The Morgan fingerprint density at radius 1 is 0.358 bits per heavy atom. The van der Waals surface area contributed by atoms with Gasteiger partial charge in [-0.05, 0) is 31.1 Å². The minimum absolute atomic E-state index is 0.0650. The minimum atomic E-state index is -0.759. The number of carbonyl (C=O) groups is 3. The van der Waals surface area contributed by atoms with Crippen LogP contribution in [0.5, 0.6) is 0 Å². The zero-order chi connectivity index (χ0) is 39.0. The third kappa shape index (κ3) is 41.4. The largest absolute Gasteiger partial charge is 0.462 e. The molecule has 0 bridgehead atoms. The summed E-state index contributed by atoms with van der Waals surface area (Å²) in [5.74, 6) is 0.790. The van der Waals surface area contributed by atoms with Gasteiger partial charge in [0.2, 0.25) is 0 Å². The first kappa shape index (κ1) is 51.4. The van der Waals surface area contributed by atoms with Crippen molar-refractivity contribution in [1.82, 2.24) is 0 Å². The zero-order valence-electron chi connectivity index (χ0n) is 36.1. The molecule has 0 heterocycles. The smallest absolute Gasteiger partial charge is 0.306 e. The molecule has 0 unspecified atom stereocenters. The van der Waals surface area contributed by atoms with E-state index in [1.54, 1.807) is 0 Å². The van der Waals surface area contributed by atoms with Crippen LogP contribution >= 0.6 is 0 Å². The summed E-state index contributed by atoms with van der Waals surface area (Å²) in [6, 6.07) is 0. The fourth-order valence-electron chi connectivity index (χ4n) is 6.93. The second kappa shape index (κ2) is 40.1. The number of hydrogen-bond acceptors (Lipinski definition) is 6. The molecule has 0 aromatic heterocycles. The van der Waals surface area contributed by atoms with Crippen molar-refractivity contribution in [2.24, 2.45) is 11.8 Å². The first-order chi connectivity index (χ1) is 25.7. The average molecular weight is 751 g/mol. The molecule has 0 fully saturated rings. The van der Waals surface area contributed by atoms with E-state index in [0.29, 0.717) is 19.3 Å². The van der Waals surface area contributed by atoms with Crippen LogP contribution in [0.1, 0.15) is 253 Å². The van der Waals surface area contributed by atoms with E-state index in [2.05, 4.69) is 34.6 Å². The molecule has 0 N–H and O–H groups in total. The number of rotatable bonds is 41. The van der Waals surface area contributed by atoms with Crippen molar-refractivity contribution in [3.63, 3.8) is 0 Å². The van der Waals surface area contributed by atoms with Gasteiger partial charge in [0.15, 0.2) is 6.10 Å². The highest BCUT2D eigenvalue weighted by molar-refractivity contribution is 5.71. The van der Waals surface area contributed by atoms with Gasteiger partial charge in [0.25, 0.3) is 0 Å². The van der Waals surface area contributed by atoms with E-state index < -0.39 is 6.10 Å². The van der Waals surface area contributed by atoms with E-state index in [0.717, 1.165) is 69.6 Å². The molecule has 53 heavy (non-hydrogen) atoms. The van der Waals surface area contributed by atoms with Crippen LogP contribution in [0.2, 0.25) is 0 Å². The molecule has 6 heteroatoms. The molecule has 0 saturated carbocycles. The lowest BCUT2D eigenvalue weighted by atomic mass is 10.0. The van der Waals surface area contributed by atoms with Gasteiger partial charge < -0.3 is 14.2 Å². The van der Waals surface area contributed by atoms with Crippen LogP contribution in [0, 0.1) is 11.8 Å². The Kier molecular flexibility index (Phi) is 38.9. The standard InChI is InChI=1S/C47H90O6/c1-6-7-8-9-20-27-32-37-45(48)51-40-44(53-47(50)39-34-29-24-19-15-11-13-17-22-26-31-36-43(4)5)41-52-46(49)38-33-28-23-18-14-10-12-16-21-25-30-35-42(2)3/h42-44H,6-41H2,1-5H3/t44-/m0/s1. The lowest BCUT2D eigenvalue weighted by Crippen LogP contribution is -2.30. The van der Waals surface area contributed by atoms with Crippen LogP contribution in [0.15, 0.2) is 0 Å². The first-order valence-corrected chi connectivity index (χ1v) is 23.2. The van der Waals surface area contributed by atoms with Crippen LogP contribution < -0.4 is 0 Å². The molecule has 314 valence electrons. The summed E-state index contributed by atoms with van der Waals surface area (Å²) in [4.78, 5) is 37.6. The van der Waals surface area contributed by atoms with Gasteiger partial charge in [-0.3, -0.25) is 14.4 Å². The van der Waals surface area contributed by atoms with Gasteiger partial charge in [0, 0.05) is 19.3 Å². The van der Waals surface area contributed by atoms with Crippen molar-refractivity contribution in [3.05, 3.63) is 0 Å². The molecular formula is C47H90O6. The molecule has 0 amide bonds. The van der Waals surface area contributed by atoms with E-state index in [4.69, 9.17) is 14.2 Å². The summed E-state index contributed by atoms with van der Waals surface area (Å²) in [5.41, 5.74) is 0. The Balaban J connectivity index is 4.26. The molecule has 0 radical (unpaired) electrons. The normalized spacial score (nSPS) is 12.1. The van der Waals surface area contributed by atoms with Crippen LogP contribution in [0.25, 0.3) is 0 Å². The lowest BCUT2D eigenvalue weighted by Gasteiger charge is -2.18. The monoisotopic (exact) mass is 751 g/mol. The maximum Gasteiger partial charge on any atom is 0.306 e. The Morgan fingerprint density at radius 2 is 0.623 bits per heavy atom. The highest BCUT2D eigenvalue weighted by Crippen LogP contribution is 2.17. The summed E-state index contributed by atoms with van der Waals surface area (Å²) in [6.45, 7) is 11.3. The second-order valence-electron chi connectivity index (χ2n) is 17.0. The molecule has 0 aliphatic carbocycles. The highest BCUT2D eigenvalue weighted by atomic mass is 16.6. The van der Waals surface area contributed by atoms with Crippen molar-refractivity contribution >= 4 is 17.9 Å². The Bertz CT molecular complexity index is 809. The van der Waals surface area contributed by atoms with Crippen molar-refractivity contribution in [1.29, 1.82) is 0 Å². The predicted octanol–water partition coefficient (Wildman–Crippen LogP) is 14.6. The van der Waals surface area contributed by atoms with Gasteiger partial charge in [0.05, 0.1) is 0 Å². The van der Waals surface area contributed by atoms with Gasteiger partial charge in [-0.1, -0.05) is 214 Å². The maximum absolute atomic E-state index is 12.7. The Labute approximate surface area is 329 Å². The second-order valence-corrected chi connectivity index (χ2v) is 17.0. The average Bonchev–Trinajstić information content (AvgIpc) is 3.12. The van der Waals surface area contributed by atoms with Gasteiger partial charge in [0.1, 0.15) is 13.2 Å². The van der Waals surface area contributed by atoms with Crippen LogP contribution in [0.4, 0.5) is 0 Å². The van der Waals surface area contributed by atoms with Crippen molar-refractivity contribution < 1.29 is 28.6 Å².